The highest BCUT2D eigenvalue weighted by Crippen LogP contribution is 2.39. The van der Waals surface area contributed by atoms with Crippen molar-refractivity contribution in [3.8, 4) is 5.00 Å². The number of ether oxygens (including phenoxy) is 1. The molecule has 0 saturated heterocycles. The Morgan fingerprint density at radius 2 is 1.89 bits per heavy atom. The van der Waals surface area contributed by atoms with Crippen LogP contribution in [0.3, 0.4) is 0 Å². The third-order valence-corrected chi connectivity index (χ3v) is 7.17. The van der Waals surface area contributed by atoms with E-state index < -0.39 is 11.6 Å². The van der Waals surface area contributed by atoms with E-state index in [1.54, 1.807) is 11.3 Å². The number of carbonyl (C=O) groups is 1. The van der Waals surface area contributed by atoms with Gasteiger partial charge < -0.3 is 9.94 Å². The van der Waals surface area contributed by atoms with Gasteiger partial charge in [-0.2, -0.15) is 0 Å². The molecule has 1 atom stereocenters. The van der Waals surface area contributed by atoms with Gasteiger partial charge in [-0.3, -0.25) is 14.4 Å². The van der Waals surface area contributed by atoms with Crippen LogP contribution >= 0.6 is 11.3 Å². The predicted octanol–water partition coefficient (Wildman–Crippen LogP) is 4.96. The Labute approximate surface area is 215 Å². The normalized spacial score (nSPS) is 15.4. The van der Waals surface area contributed by atoms with Gasteiger partial charge in [0, 0.05) is 22.5 Å². The summed E-state index contributed by atoms with van der Waals surface area (Å²) in [6.45, 7) is 12.1. The lowest BCUT2D eigenvalue weighted by molar-refractivity contribution is -0.155. The summed E-state index contributed by atoms with van der Waals surface area (Å²) in [4.78, 5) is 19.2. The third kappa shape index (κ3) is 5.48. The van der Waals surface area contributed by atoms with E-state index in [2.05, 4.69) is 53.8 Å². The quantitative estimate of drug-likeness (QED) is 0.266. The van der Waals surface area contributed by atoms with Gasteiger partial charge in [-0.25, -0.2) is 5.48 Å². The number of benzene rings is 1. The molecule has 0 aliphatic carbocycles. The smallest absolute Gasteiger partial charge is 0.308 e. The maximum absolute atomic E-state index is 12.8. The average molecular weight is 508 g/mol. The number of fused-ring (bicyclic) bond motifs is 3. The van der Waals surface area contributed by atoms with Gasteiger partial charge in [0.05, 0.1) is 12.1 Å². The largest absolute Gasteiger partial charge is 0.460 e. The van der Waals surface area contributed by atoms with Crippen molar-refractivity contribution in [2.45, 2.75) is 66.0 Å². The van der Waals surface area contributed by atoms with Crippen molar-refractivity contribution in [1.82, 2.24) is 20.2 Å². The lowest BCUT2D eigenvalue weighted by Gasteiger charge is -2.21. The van der Waals surface area contributed by atoms with Crippen molar-refractivity contribution in [3.63, 3.8) is 0 Å². The molecule has 1 unspecified atom stereocenters. The van der Waals surface area contributed by atoms with Crippen LogP contribution in [-0.2, 0) is 16.0 Å². The summed E-state index contributed by atoms with van der Waals surface area (Å²) < 4.78 is 7.67. The third-order valence-electron chi connectivity index (χ3n) is 5.98. The predicted molar refractivity (Wildman–Crippen MR) is 141 cm³/mol. The highest BCUT2D eigenvalue weighted by atomic mass is 32.1. The van der Waals surface area contributed by atoms with Crippen LogP contribution in [0.4, 0.5) is 0 Å². The van der Waals surface area contributed by atoms with E-state index in [1.165, 1.54) is 4.88 Å². The standard InChI is InChI=1S/C27H33N5O3S/c1-16-17(2)36-26-23(16)24(20-12-10-19(11-13-20)9-7-8-14-28-34)29-21(15-22(33)35-27(4,5)6)25-31-30-18(3)32(25)26/h7-8,10-13,21,28,34H,9,14-15H2,1-6H3/b8-7+. The molecule has 9 heteroatoms. The first-order valence-corrected chi connectivity index (χ1v) is 12.8. The van der Waals surface area contributed by atoms with Crippen LogP contribution in [-0.4, -0.2) is 43.8 Å². The van der Waals surface area contributed by atoms with E-state index in [9.17, 15) is 4.79 Å². The summed E-state index contributed by atoms with van der Waals surface area (Å²) in [6, 6.07) is 7.80. The minimum Gasteiger partial charge on any atom is -0.460 e. The second kappa shape index (κ2) is 10.5. The number of aromatic nitrogens is 3. The number of aliphatic imine (C=N–C) groups is 1. The number of nitrogens with one attached hydrogen (secondary N) is 1. The maximum Gasteiger partial charge on any atom is 0.308 e. The molecule has 36 heavy (non-hydrogen) atoms. The van der Waals surface area contributed by atoms with Crippen molar-refractivity contribution in [3.05, 3.63) is 75.2 Å². The Hall–Kier alpha value is -3.14. The number of hydrogen-bond donors (Lipinski definition) is 2. The fourth-order valence-electron chi connectivity index (χ4n) is 4.22. The maximum atomic E-state index is 12.8. The van der Waals surface area contributed by atoms with Gasteiger partial charge in [-0.1, -0.05) is 36.4 Å². The van der Waals surface area contributed by atoms with Crippen LogP contribution in [0.2, 0.25) is 0 Å². The van der Waals surface area contributed by atoms with Crippen LogP contribution in [0.1, 0.15) is 72.0 Å². The molecule has 0 bridgehead atoms. The van der Waals surface area contributed by atoms with Crippen molar-refractivity contribution in [2.75, 3.05) is 6.54 Å². The van der Waals surface area contributed by atoms with E-state index in [1.807, 2.05) is 44.4 Å². The van der Waals surface area contributed by atoms with Crippen LogP contribution in [0, 0.1) is 20.8 Å². The van der Waals surface area contributed by atoms with Crippen molar-refractivity contribution in [1.29, 1.82) is 0 Å². The molecule has 1 aromatic carbocycles. The van der Waals surface area contributed by atoms with Gasteiger partial charge in [-0.15, -0.1) is 21.5 Å². The molecule has 3 heterocycles. The minimum atomic E-state index is -0.582. The van der Waals surface area contributed by atoms with Crippen molar-refractivity contribution >= 4 is 23.0 Å². The van der Waals surface area contributed by atoms with Gasteiger partial charge in [0.1, 0.15) is 22.5 Å². The second-order valence-electron chi connectivity index (χ2n) is 9.92. The molecule has 1 aliphatic heterocycles. The van der Waals surface area contributed by atoms with E-state index in [0.29, 0.717) is 12.4 Å². The van der Waals surface area contributed by atoms with Gasteiger partial charge in [0.25, 0.3) is 0 Å². The summed E-state index contributed by atoms with van der Waals surface area (Å²) >= 11 is 1.69. The number of esters is 1. The van der Waals surface area contributed by atoms with Crippen molar-refractivity contribution < 1.29 is 14.7 Å². The lowest BCUT2D eigenvalue weighted by atomic mass is 9.98. The Kier molecular flexibility index (Phi) is 7.54. The summed E-state index contributed by atoms with van der Waals surface area (Å²) in [7, 11) is 0. The number of carbonyl (C=O) groups excluding carboxylic acids is 1. The summed E-state index contributed by atoms with van der Waals surface area (Å²) in [5, 5.41) is 18.5. The number of allylic oxidation sites excluding steroid dienone is 1. The Bertz CT molecular complexity index is 1310. The highest BCUT2D eigenvalue weighted by molar-refractivity contribution is 7.15. The first-order chi connectivity index (χ1) is 17.1. The molecule has 190 valence electrons. The molecule has 0 saturated carbocycles. The Morgan fingerprint density at radius 3 is 2.56 bits per heavy atom. The van der Waals surface area contributed by atoms with E-state index in [0.717, 1.165) is 45.2 Å². The summed E-state index contributed by atoms with van der Waals surface area (Å²) in [5.74, 6) is 1.09. The molecule has 8 nitrogen and oxygen atoms in total. The molecular formula is C27H33N5O3S. The number of hydroxylamine groups is 1. The zero-order chi connectivity index (χ0) is 26.0. The van der Waals surface area contributed by atoms with E-state index in [-0.39, 0.29) is 12.4 Å². The first kappa shape index (κ1) is 25.9. The zero-order valence-corrected chi connectivity index (χ0v) is 22.4. The molecule has 2 aromatic heterocycles. The van der Waals surface area contributed by atoms with Crippen LogP contribution in [0.5, 0.6) is 0 Å². The van der Waals surface area contributed by atoms with Gasteiger partial charge in [0.15, 0.2) is 5.82 Å². The molecule has 4 rings (SSSR count). The summed E-state index contributed by atoms with van der Waals surface area (Å²) in [6.07, 6.45) is 4.73. The molecular weight excluding hydrogens is 474 g/mol. The second-order valence-corrected chi connectivity index (χ2v) is 11.1. The molecule has 0 fully saturated rings. The highest BCUT2D eigenvalue weighted by Gasteiger charge is 2.33. The monoisotopic (exact) mass is 507 g/mol. The number of thiophene rings is 1. The van der Waals surface area contributed by atoms with Crippen LogP contribution < -0.4 is 5.48 Å². The zero-order valence-electron chi connectivity index (χ0n) is 21.6. The molecule has 0 spiro atoms. The molecule has 2 N–H and O–H groups in total. The van der Waals surface area contributed by atoms with Gasteiger partial charge >= 0.3 is 5.97 Å². The first-order valence-electron chi connectivity index (χ1n) is 12.0. The van der Waals surface area contributed by atoms with E-state index >= 15 is 0 Å². The minimum absolute atomic E-state index is 0.0770. The van der Waals surface area contributed by atoms with Crippen molar-refractivity contribution in [2.24, 2.45) is 4.99 Å². The fraction of sp³-hybridized carbons (Fsp3) is 0.407. The fourth-order valence-corrected chi connectivity index (χ4v) is 5.43. The molecule has 0 amide bonds. The van der Waals surface area contributed by atoms with Crippen LogP contribution in [0.25, 0.3) is 5.00 Å². The van der Waals surface area contributed by atoms with Gasteiger partial charge in [-0.05, 0) is 59.1 Å². The van der Waals surface area contributed by atoms with Crippen LogP contribution in [0.15, 0.2) is 41.4 Å². The molecule has 0 radical (unpaired) electrons. The SMILES string of the molecule is Cc1sc2c(c1C)C(c1ccc(C/C=C/CNO)cc1)=NC(CC(=O)OC(C)(C)C)c1nnc(C)n1-2. The summed E-state index contributed by atoms with van der Waals surface area (Å²) in [5.41, 5.74) is 6.73. The Balaban J connectivity index is 1.79. The number of aryl methyl sites for hydroxylation is 2. The number of rotatable bonds is 7. The molecule has 1 aliphatic rings. The van der Waals surface area contributed by atoms with Gasteiger partial charge in [0.2, 0.25) is 0 Å². The Morgan fingerprint density at radius 1 is 1.17 bits per heavy atom. The number of hydrogen-bond acceptors (Lipinski definition) is 8. The topological polar surface area (TPSA) is 102 Å². The van der Waals surface area contributed by atoms with E-state index in [4.69, 9.17) is 14.9 Å². The molecule has 3 aromatic rings. The lowest BCUT2D eigenvalue weighted by Crippen LogP contribution is -2.25. The number of nitrogens with zero attached hydrogens (tertiary/aromatic N) is 4. The average Bonchev–Trinajstić information content (AvgIpc) is 3.28.